The van der Waals surface area contributed by atoms with E-state index in [9.17, 15) is 14.7 Å². The van der Waals surface area contributed by atoms with Crippen molar-refractivity contribution in [3.05, 3.63) is 36.5 Å². The van der Waals surface area contributed by atoms with E-state index < -0.39 is 11.4 Å². The lowest BCUT2D eigenvalue weighted by atomic mass is 9.79. The molecule has 1 aliphatic carbocycles. The van der Waals surface area contributed by atoms with Crippen LogP contribution in [-0.4, -0.2) is 66.5 Å². The van der Waals surface area contributed by atoms with E-state index in [4.69, 9.17) is 14.2 Å². The van der Waals surface area contributed by atoms with Crippen molar-refractivity contribution in [1.82, 2.24) is 15.3 Å². The number of hydrogen-bond acceptors (Lipinski definition) is 9. The Morgan fingerprint density at radius 3 is 2.44 bits per heavy atom. The minimum absolute atomic E-state index is 0.0777. The van der Waals surface area contributed by atoms with Gasteiger partial charge in [-0.05, 0) is 55.0 Å². The van der Waals surface area contributed by atoms with Gasteiger partial charge in [0.05, 0.1) is 38.1 Å². The molecule has 2 N–H and O–H groups in total. The Morgan fingerprint density at radius 1 is 1.06 bits per heavy atom. The highest BCUT2D eigenvalue weighted by atomic mass is 16.6. The zero-order chi connectivity index (χ0) is 25.1. The van der Waals surface area contributed by atoms with Gasteiger partial charge < -0.3 is 34.7 Å². The lowest BCUT2D eigenvalue weighted by Gasteiger charge is -2.29. The van der Waals surface area contributed by atoms with E-state index in [1.165, 1.54) is 0 Å². The molecular formula is C26H31N4O6-. The molecule has 2 aliphatic heterocycles. The van der Waals surface area contributed by atoms with Crippen LogP contribution in [0.25, 0.3) is 11.3 Å². The van der Waals surface area contributed by atoms with Crippen LogP contribution in [-0.2, 0) is 19.1 Å². The summed E-state index contributed by atoms with van der Waals surface area (Å²) in [6.45, 7) is 0.728. The molecular weight excluding hydrogens is 464 g/mol. The molecule has 2 saturated heterocycles. The molecule has 1 amide bonds. The second-order valence-corrected chi connectivity index (χ2v) is 9.95. The van der Waals surface area contributed by atoms with Crippen molar-refractivity contribution in [2.75, 3.05) is 25.6 Å². The first-order valence-corrected chi connectivity index (χ1v) is 12.4. The summed E-state index contributed by atoms with van der Waals surface area (Å²) in [5.41, 5.74) is 1.22. The number of rotatable bonds is 9. The molecule has 0 unspecified atom stereocenters. The van der Waals surface area contributed by atoms with E-state index in [-0.39, 0.29) is 43.0 Å². The van der Waals surface area contributed by atoms with Crippen LogP contribution in [0.4, 0.5) is 5.95 Å². The number of nitrogens with zero attached hydrogens (tertiary/aromatic N) is 2. The van der Waals surface area contributed by atoms with Crippen molar-refractivity contribution in [1.29, 1.82) is 0 Å². The topological polar surface area (TPSA) is 135 Å². The molecule has 10 nitrogen and oxygen atoms in total. The van der Waals surface area contributed by atoms with Gasteiger partial charge in [-0.3, -0.25) is 4.79 Å². The minimum Gasteiger partial charge on any atom is -0.550 e. The maximum absolute atomic E-state index is 12.8. The van der Waals surface area contributed by atoms with E-state index in [2.05, 4.69) is 20.6 Å². The first kappa shape index (κ1) is 24.5. The summed E-state index contributed by atoms with van der Waals surface area (Å²) in [5.74, 6) is -0.0139. The molecule has 3 heterocycles. The molecule has 1 aromatic heterocycles. The number of ether oxygens (including phenoxy) is 3. The minimum atomic E-state index is -1.10. The second-order valence-electron chi connectivity index (χ2n) is 9.95. The maximum Gasteiger partial charge on any atom is 0.223 e. The molecule has 5 rings (SSSR count). The number of anilines is 1. The number of methoxy groups -OCH3 is 1. The van der Waals surface area contributed by atoms with Crippen LogP contribution < -0.4 is 20.5 Å². The van der Waals surface area contributed by atoms with Gasteiger partial charge in [0.15, 0.2) is 0 Å². The number of carbonyl (C=O) groups is 2. The molecule has 1 aromatic carbocycles. The second kappa shape index (κ2) is 10.4. The average Bonchev–Trinajstić information content (AvgIpc) is 3.58. The van der Waals surface area contributed by atoms with Gasteiger partial charge in [-0.15, -0.1) is 0 Å². The zero-order valence-corrected chi connectivity index (χ0v) is 20.3. The van der Waals surface area contributed by atoms with Gasteiger partial charge in [-0.25, -0.2) is 9.97 Å². The van der Waals surface area contributed by atoms with Gasteiger partial charge >= 0.3 is 0 Å². The molecule has 2 aromatic rings. The number of carboxylic acid groups (broad SMARTS) is 1. The van der Waals surface area contributed by atoms with Gasteiger partial charge in [-0.2, -0.15) is 0 Å². The number of aromatic nitrogens is 2. The Morgan fingerprint density at radius 2 is 1.75 bits per heavy atom. The molecule has 0 bridgehead atoms. The molecule has 192 valence electrons. The van der Waals surface area contributed by atoms with Crippen molar-refractivity contribution >= 4 is 17.8 Å². The fraction of sp³-hybridized carbons (Fsp3) is 0.538. The summed E-state index contributed by atoms with van der Waals surface area (Å²) in [6, 6.07) is 9.04. The maximum atomic E-state index is 12.8. The number of benzene rings is 1. The summed E-state index contributed by atoms with van der Waals surface area (Å²) >= 11 is 0. The van der Waals surface area contributed by atoms with Gasteiger partial charge in [0.25, 0.3) is 0 Å². The van der Waals surface area contributed by atoms with Crippen molar-refractivity contribution in [3.63, 3.8) is 0 Å². The quantitative estimate of drug-likeness (QED) is 0.528. The third-order valence-electron chi connectivity index (χ3n) is 7.47. The largest absolute Gasteiger partial charge is 0.550 e. The summed E-state index contributed by atoms with van der Waals surface area (Å²) < 4.78 is 17.2. The first-order chi connectivity index (χ1) is 17.4. The Hall–Kier alpha value is -3.24. The van der Waals surface area contributed by atoms with E-state index in [0.717, 1.165) is 42.7 Å². The molecule has 36 heavy (non-hydrogen) atoms. The summed E-state index contributed by atoms with van der Waals surface area (Å²) in [7, 11) is 1.63. The van der Waals surface area contributed by atoms with E-state index in [1.54, 1.807) is 13.3 Å². The average molecular weight is 496 g/mol. The standard InChI is InChI=1S/C26H32N4O6/c1-34-17-6-4-16(5-7-17)18-8-11-27-25(29-18)30-20-15-36-23-19(14-35-24(20)23)28-21(31)12-26(13-22(32)33)9-2-3-10-26/h4-8,11,19-20,23-24H,2-3,9-10,12-15H2,1H3,(H,28,31)(H,32,33)(H,27,29,30)/p-1/t19-,20-,23+,24+/m0/s1. The van der Waals surface area contributed by atoms with Crippen molar-refractivity contribution in [3.8, 4) is 17.0 Å². The van der Waals surface area contributed by atoms with Crippen LogP contribution in [0.3, 0.4) is 0 Å². The highest BCUT2D eigenvalue weighted by Crippen LogP contribution is 2.44. The zero-order valence-electron chi connectivity index (χ0n) is 20.3. The van der Waals surface area contributed by atoms with Crippen molar-refractivity contribution < 1.29 is 28.9 Å². The van der Waals surface area contributed by atoms with Gasteiger partial charge in [0.2, 0.25) is 11.9 Å². The van der Waals surface area contributed by atoms with Gasteiger partial charge in [0.1, 0.15) is 18.0 Å². The van der Waals surface area contributed by atoms with Crippen LogP contribution in [0.2, 0.25) is 0 Å². The lowest BCUT2D eigenvalue weighted by molar-refractivity contribution is -0.308. The number of carboxylic acids is 1. The number of fused-ring (bicyclic) bond motifs is 1. The van der Waals surface area contributed by atoms with E-state index in [0.29, 0.717) is 19.2 Å². The summed E-state index contributed by atoms with van der Waals surface area (Å²) in [5, 5.41) is 17.6. The van der Waals surface area contributed by atoms with Crippen molar-refractivity contribution in [2.24, 2.45) is 5.41 Å². The van der Waals surface area contributed by atoms with Crippen LogP contribution in [0.5, 0.6) is 5.75 Å². The fourth-order valence-electron chi connectivity index (χ4n) is 5.71. The van der Waals surface area contributed by atoms with Crippen LogP contribution in [0, 0.1) is 5.41 Å². The highest BCUT2D eigenvalue weighted by molar-refractivity contribution is 5.78. The third kappa shape index (κ3) is 5.29. The highest BCUT2D eigenvalue weighted by Gasteiger charge is 2.49. The van der Waals surface area contributed by atoms with E-state index >= 15 is 0 Å². The normalized spacial score (nSPS) is 26.4. The molecule has 4 atom stereocenters. The molecule has 3 aliphatic rings. The molecule has 0 spiro atoms. The predicted octanol–water partition coefficient (Wildman–Crippen LogP) is 1.31. The number of nitrogens with one attached hydrogen (secondary N) is 2. The van der Waals surface area contributed by atoms with E-state index in [1.807, 2.05) is 30.3 Å². The lowest BCUT2D eigenvalue weighted by Crippen LogP contribution is -2.46. The summed E-state index contributed by atoms with van der Waals surface area (Å²) in [4.78, 5) is 33.1. The molecule has 3 fully saturated rings. The van der Waals surface area contributed by atoms with Crippen LogP contribution in [0.1, 0.15) is 38.5 Å². The predicted molar refractivity (Wildman–Crippen MR) is 128 cm³/mol. The molecule has 1 saturated carbocycles. The number of carbonyl (C=O) groups excluding carboxylic acids is 2. The molecule has 10 heteroatoms. The number of amides is 1. The Bertz CT molecular complexity index is 1090. The Kier molecular flexibility index (Phi) is 7.06. The monoisotopic (exact) mass is 495 g/mol. The Balaban J connectivity index is 1.18. The van der Waals surface area contributed by atoms with Gasteiger partial charge in [0, 0.05) is 24.2 Å². The number of aliphatic carboxylic acids is 1. The third-order valence-corrected chi connectivity index (χ3v) is 7.47. The first-order valence-electron chi connectivity index (χ1n) is 12.4. The smallest absolute Gasteiger partial charge is 0.223 e. The number of hydrogen-bond donors (Lipinski definition) is 2. The van der Waals surface area contributed by atoms with Crippen LogP contribution >= 0.6 is 0 Å². The fourth-order valence-corrected chi connectivity index (χ4v) is 5.71. The Labute approximate surface area is 209 Å². The van der Waals surface area contributed by atoms with Crippen LogP contribution in [0.15, 0.2) is 36.5 Å². The summed E-state index contributed by atoms with van der Waals surface area (Å²) in [6.07, 6.45) is 4.61. The SMILES string of the molecule is COc1ccc(-c2ccnc(N[C@H]3CO[C@H]4[C@@H]3OC[C@@H]4NC(=O)CC3(CC(=O)[O-])CCCC3)n2)cc1. The van der Waals surface area contributed by atoms with Crippen molar-refractivity contribution in [2.45, 2.75) is 62.8 Å². The van der Waals surface area contributed by atoms with Gasteiger partial charge in [-0.1, -0.05) is 12.8 Å². The molecule has 0 radical (unpaired) electrons.